The van der Waals surface area contributed by atoms with Gasteiger partial charge in [-0.25, -0.2) is 8.78 Å². The third-order valence-electron chi connectivity index (χ3n) is 3.45. The first-order valence-electron chi connectivity index (χ1n) is 6.98. The van der Waals surface area contributed by atoms with Gasteiger partial charge in [0.25, 0.3) is 6.43 Å². The van der Waals surface area contributed by atoms with Crippen LogP contribution in [0.15, 0.2) is 16.4 Å². The number of hydrogen-bond acceptors (Lipinski definition) is 6. The summed E-state index contributed by atoms with van der Waals surface area (Å²) in [5, 5.41) is 10.7. The number of aliphatic imine (C=N–C) groups is 1. The number of alkyl halides is 2. The molecule has 0 bridgehead atoms. The molecule has 2 N–H and O–H groups in total. The predicted molar refractivity (Wildman–Crippen MR) is 75.1 cm³/mol. The third-order valence-corrected chi connectivity index (χ3v) is 3.45. The Hall–Kier alpha value is -2.06. The van der Waals surface area contributed by atoms with Gasteiger partial charge in [0.05, 0.1) is 23.5 Å². The fourth-order valence-electron chi connectivity index (χ4n) is 2.24. The molecule has 0 saturated heterocycles. The summed E-state index contributed by atoms with van der Waals surface area (Å²) in [6.45, 7) is 2.05. The Labute approximate surface area is 126 Å². The van der Waals surface area contributed by atoms with Crippen LogP contribution in [0.5, 0.6) is 0 Å². The van der Waals surface area contributed by atoms with Crippen LogP contribution >= 0.6 is 0 Å². The van der Waals surface area contributed by atoms with E-state index < -0.39 is 22.7 Å². The molecule has 1 saturated carbocycles. The van der Waals surface area contributed by atoms with E-state index in [1.807, 2.05) is 0 Å². The van der Waals surface area contributed by atoms with Gasteiger partial charge in [-0.1, -0.05) is 0 Å². The van der Waals surface area contributed by atoms with Crippen LogP contribution in [-0.4, -0.2) is 36.2 Å². The Morgan fingerprint density at radius 2 is 2.05 bits per heavy atom. The summed E-state index contributed by atoms with van der Waals surface area (Å²) in [7, 11) is 0. The fraction of sp³-hybridized carbons (Fsp3) is 0.692. The molecule has 1 aliphatic rings. The van der Waals surface area contributed by atoms with Crippen LogP contribution in [0.3, 0.4) is 0 Å². The number of ether oxygens (including phenoxy) is 1. The van der Waals surface area contributed by atoms with Crippen LogP contribution in [0.4, 0.5) is 8.78 Å². The van der Waals surface area contributed by atoms with E-state index in [1.165, 1.54) is 0 Å². The SMILES string of the molecule is CCOC(=O)C1CCC(N=CC(=C(N)C(F)F)[N+](=O)[O-])CC1. The number of esters is 1. The number of nitrogens with zero attached hydrogens (tertiary/aromatic N) is 2. The summed E-state index contributed by atoms with van der Waals surface area (Å²) in [6.07, 6.45) is -0.118. The Bertz CT molecular complexity index is 472. The maximum Gasteiger partial charge on any atom is 0.311 e. The van der Waals surface area contributed by atoms with E-state index in [9.17, 15) is 23.7 Å². The Morgan fingerprint density at radius 1 is 1.45 bits per heavy atom. The van der Waals surface area contributed by atoms with Gasteiger partial charge < -0.3 is 10.5 Å². The van der Waals surface area contributed by atoms with Crippen LogP contribution in [0.25, 0.3) is 0 Å². The van der Waals surface area contributed by atoms with E-state index in [-0.39, 0.29) is 17.9 Å². The molecule has 0 radical (unpaired) electrons. The van der Waals surface area contributed by atoms with E-state index in [1.54, 1.807) is 6.92 Å². The Morgan fingerprint density at radius 3 is 2.50 bits per heavy atom. The lowest BCUT2D eigenvalue weighted by atomic mass is 9.86. The predicted octanol–water partition coefficient (Wildman–Crippen LogP) is 1.89. The smallest absolute Gasteiger partial charge is 0.311 e. The monoisotopic (exact) mass is 319 g/mol. The zero-order valence-corrected chi connectivity index (χ0v) is 12.2. The van der Waals surface area contributed by atoms with Crippen LogP contribution < -0.4 is 5.73 Å². The molecule has 0 aromatic carbocycles. The molecular formula is C13H19F2N3O4. The topological polar surface area (TPSA) is 108 Å². The first kappa shape index (κ1) is 18.0. The average Bonchev–Trinajstić information content (AvgIpc) is 2.47. The van der Waals surface area contributed by atoms with E-state index in [2.05, 4.69) is 4.99 Å². The van der Waals surface area contributed by atoms with Gasteiger partial charge in [-0.05, 0) is 32.6 Å². The van der Waals surface area contributed by atoms with Crippen molar-refractivity contribution in [1.29, 1.82) is 0 Å². The molecular weight excluding hydrogens is 300 g/mol. The van der Waals surface area contributed by atoms with Crippen molar-refractivity contribution in [3.8, 4) is 0 Å². The lowest BCUT2D eigenvalue weighted by molar-refractivity contribution is -0.416. The van der Waals surface area contributed by atoms with Gasteiger partial charge >= 0.3 is 11.7 Å². The number of allylic oxidation sites excluding steroid dienone is 2. The van der Waals surface area contributed by atoms with Crippen LogP contribution in [0.1, 0.15) is 32.6 Å². The molecule has 0 aromatic heterocycles. The summed E-state index contributed by atoms with van der Waals surface area (Å²) in [5.74, 6) is -0.444. The van der Waals surface area contributed by atoms with Crippen molar-refractivity contribution in [3.63, 3.8) is 0 Å². The van der Waals surface area contributed by atoms with E-state index in [0.717, 1.165) is 6.21 Å². The van der Waals surface area contributed by atoms with E-state index >= 15 is 0 Å². The molecule has 9 heteroatoms. The number of carbonyl (C=O) groups excluding carboxylic acids is 1. The minimum atomic E-state index is -3.11. The van der Waals surface area contributed by atoms with E-state index in [0.29, 0.717) is 32.3 Å². The van der Waals surface area contributed by atoms with Gasteiger partial charge in [-0.3, -0.25) is 19.9 Å². The molecule has 0 heterocycles. The summed E-state index contributed by atoms with van der Waals surface area (Å²) < 4.78 is 29.8. The maximum absolute atomic E-state index is 12.4. The maximum atomic E-state index is 12.4. The van der Waals surface area contributed by atoms with Gasteiger partial charge in [-0.2, -0.15) is 0 Å². The average molecular weight is 319 g/mol. The number of hydrogen-bond donors (Lipinski definition) is 1. The van der Waals surface area contributed by atoms with Gasteiger partial charge in [0.15, 0.2) is 5.70 Å². The molecule has 7 nitrogen and oxygen atoms in total. The second kappa shape index (κ2) is 8.40. The third kappa shape index (κ3) is 5.05. The standard InChI is InChI=1S/C13H19F2N3O4/c1-2-22-13(19)8-3-5-9(6-4-8)17-7-10(18(20)21)11(16)12(14)15/h7-9,12H,2-6,16H2,1H3. The largest absolute Gasteiger partial charge is 0.466 e. The molecule has 0 spiro atoms. The molecule has 124 valence electrons. The second-order valence-corrected chi connectivity index (χ2v) is 4.93. The van der Waals surface area contributed by atoms with Crippen molar-refractivity contribution in [2.75, 3.05) is 6.61 Å². The lowest BCUT2D eigenvalue weighted by Gasteiger charge is -2.24. The number of nitrogens with two attached hydrogens (primary N) is 1. The highest BCUT2D eigenvalue weighted by Crippen LogP contribution is 2.27. The highest BCUT2D eigenvalue weighted by Gasteiger charge is 2.27. The minimum Gasteiger partial charge on any atom is -0.466 e. The summed E-state index contributed by atoms with van der Waals surface area (Å²) >= 11 is 0. The molecule has 1 aliphatic carbocycles. The van der Waals surface area contributed by atoms with E-state index in [4.69, 9.17) is 10.5 Å². The van der Waals surface area contributed by atoms with Crippen molar-refractivity contribution in [1.82, 2.24) is 0 Å². The normalized spacial score (nSPS) is 23.5. The number of carbonyl (C=O) groups is 1. The summed E-state index contributed by atoms with van der Waals surface area (Å²) in [4.78, 5) is 25.3. The van der Waals surface area contributed by atoms with Crippen molar-refractivity contribution in [3.05, 3.63) is 21.5 Å². The van der Waals surface area contributed by atoms with Crippen LogP contribution in [0.2, 0.25) is 0 Å². The van der Waals surface area contributed by atoms with Crippen molar-refractivity contribution in [2.24, 2.45) is 16.6 Å². The zero-order valence-electron chi connectivity index (χ0n) is 12.2. The minimum absolute atomic E-state index is 0.192. The quantitative estimate of drug-likeness (QED) is 0.348. The molecule has 0 atom stereocenters. The molecule has 22 heavy (non-hydrogen) atoms. The molecule has 0 aliphatic heterocycles. The highest BCUT2D eigenvalue weighted by molar-refractivity contribution is 5.76. The Balaban J connectivity index is 2.64. The first-order chi connectivity index (χ1) is 10.4. The Kier molecular flexibility index (Phi) is 6.87. The van der Waals surface area contributed by atoms with Gasteiger partial charge in [0.1, 0.15) is 6.21 Å². The highest BCUT2D eigenvalue weighted by atomic mass is 19.3. The zero-order chi connectivity index (χ0) is 16.7. The van der Waals surface area contributed by atoms with Gasteiger partial charge in [0, 0.05) is 0 Å². The second-order valence-electron chi connectivity index (χ2n) is 4.93. The number of rotatable bonds is 6. The van der Waals surface area contributed by atoms with Crippen molar-refractivity contribution in [2.45, 2.75) is 45.1 Å². The van der Waals surface area contributed by atoms with Crippen LogP contribution in [-0.2, 0) is 9.53 Å². The van der Waals surface area contributed by atoms with Gasteiger partial charge in [0.2, 0.25) is 0 Å². The molecule has 0 unspecified atom stereocenters. The van der Waals surface area contributed by atoms with Crippen molar-refractivity contribution >= 4 is 12.2 Å². The van der Waals surface area contributed by atoms with Crippen molar-refractivity contribution < 1.29 is 23.2 Å². The fourth-order valence-corrected chi connectivity index (χ4v) is 2.24. The van der Waals surface area contributed by atoms with Gasteiger partial charge in [-0.15, -0.1) is 0 Å². The summed E-state index contributed by atoms with van der Waals surface area (Å²) in [6, 6.07) is -0.244. The lowest BCUT2D eigenvalue weighted by Crippen LogP contribution is -2.25. The molecule has 0 amide bonds. The molecule has 1 fully saturated rings. The number of nitro groups is 1. The molecule has 1 rings (SSSR count). The number of halogens is 2. The molecule has 0 aromatic rings. The summed E-state index contributed by atoms with van der Waals surface area (Å²) in [5.41, 5.74) is 3.02. The first-order valence-corrected chi connectivity index (χ1v) is 6.98. The van der Waals surface area contributed by atoms with Crippen LogP contribution in [0, 0.1) is 16.0 Å².